The van der Waals surface area contributed by atoms with Crippen LogP contribution in [0.1, 0.15) is 35.2 Å². The molecule has 0 saturated carbocycles. The summed E-state index contributed by atoms with van der Waals surface area (Å²) in [6.45, 7) is 2.33. The molecule has 24 heavy (non-hydrogen) atoms. The number of carbonyl (C=O) groups is 1. The van der Waals surface area contributed by atoms with Gasteiger partial charge in [-0.3, -0.25) is 4.79 Å². The summed E-state index contributed by atoms with van der Waals surface area (Å²) >= 11 is 0. The fourth-order valence-corrected chi connectivity index (χ4v) is 2.26. The molecule has 7 heteroatoms. The molecule has 6 nitrogen and oxygen atoms in total. The zero-order valence-corrected chi connectivity index (χ0v) is 13.2. The molecule has 2 heterocycles. The molecule has 1 amide bonds. The minimum Gasteiger partial charge on any atom is -0.359 e. The predicted molar refractivity (Wildman–Crippen MR) is 85.2 cm³/mol. The van der Waals surface area contributed by atoms with Gasteiger partial charge in [0.2, 0.25) is 0 Å². The largest absolute Gasteiger partial charge is 0.359 e. The van der Waals surface area contributed by atoms with Crippen LogP contribution in [0.2, 0.25) is 0 Å². The third-order valence-corrected chi connectivity index (χ3v) is 3.47. The van der Waals surface area contributed by atoms with Crippen LogP contribution >= 0.6 is 0 Å². The first-order valence-electron chi connectivity index (χ1n) is 7.69. The average Bonchev–Trinajstić information content (AvgIpc) is 3.23. The van der Waals surface area contributed by atoms with E-state index in [1.807, 2.05) is 6.07 Å². The predicted octanol–water partition coefficient (Wildman–Crippen LogP) is 2.88. The van der Waals surface area contributed by atoms with Crippen LogP contribution in [-0.2, 0) is 13.0 Å². The Morgan fingerprint density at radius 1 is 1.33 bits per heavy atom. The summed E-state index contributed by atoms with van der Waals surface area (Å²) in [5, 5.41) is 10.8. The lowest BCUT2D eigenvalue weighted by molar-refractivity contribution is 0.0947. The molecule has 0 aliphatic carbocycles. The maximum Gasteiger partial charge on any atom is 0.254 e. The second kappa shape index (κ2) is 7.08. The number of amides is 1. The van der Waals surface area contributed by atoms with Crippen molar-refractivity contribution in [3.63, 3.8) is 0 Å². The van der Waals surface area contributed by atoms with Gasteiger partial charge in [0.05, 0.1) is 29.7 Å². The lowest BCUT2D eigenvalue weighted by Gasteiger charge is -2.01. The maximum absolute atomic E-state index is 12.9. The SMILES string of the molecule is CCCc1cc(CNC(=O)c2cnn(-c3ccc(F)cc3)c2)on1. The maximum atomic E-state index is 12.9. The Morgan fingerprint density at radius 3 is 2.88 bits per heavy atom. The van der Waals surface area contributed by atoms with Crippen molar-refractivity contribution in [2.75, 3.05) is 0 Å². The summed E-state index contributed by atoms with van der Waals surface area (Å²) in [5.74, 6) is 0.0212. The van der Waals surface area contributed by atoms with Gasteiger partial charge in [0.15, 0.2) is 5.76 Å². The number of halogens is 1. The number of aryl methyl sites for hydroxylation is 1. The first-order valence-corrected chi connectivity index (χ1v) is 7.69. The molecule has 0 aliphatic rings. The second-order valence-electron chi connectivity index (χ2n) is 5.37. The summed E-state index contributed by atoms with van der Waals surface area (Å²) in [5.41, 5.74) is 1.97. The summed E-state index contributed by atoms with van der Waals surface area (Å²) < 4.78 is 19.6. The molecule has 0 unspecified atom stereocenters. The quantitative estimate of drug-likeness (QED) is 0.755. The molecule has 1 N–H and O–H groups in total. The van der Waals surface area contributed by atoms with Gasteiger partial charge in [0.1, 0.15) is 5.82 Å². The summed E-state index contributed by atoms with van der Waals surface area (Å²) in [7, 11) is 0. The van der Waals surface area contributed by atoms with E-state index in [1.165, 1.54) is 23.0 Å². The highest BCUT2D eigenvalue weighted by Crippen LogP contribution is 2.10. The van der Waals surface area contributed by atoms with E-state index in [0.29, 0.717) is 17.0 Å². The van der Waals surface area contributed by atoms with Crippen LogP contribution < -0.4 is 5.32 Å². The fourth-order valence-electron chi connectivity index (χ4n) is 2.26. The van der Waals surface area contributed by atoms with E-state index in [2.05, 4.69) is 22.5 Å². The number of carbonyl (C=O) groups excluding carboxylic acids is 1. The highest BCUT2D eigenvalue weighted by Gasteiger charge is 2.11. The number of benzene rings is 1. The molecule has 0 spiro atoms. The van der Waals surface area contributed by atoms with Crippen LogP contribution in [0.5, 0.6) is 0 Å². The van der Waals surface area contributed by atoms with Crippen molar-refractivity contribution in [2.24, 2.45) is 0 Å². The average molecular weight is 328 g/mol. The zero-order valence-electron chi connectivity index (χ0n) is 13.2. The molecule has 0 radical (unpaired) electrons. The topological polar surface area (TPSA) is 73.0 Å². The van der Waals surface area contributed by atoms with Gasteiger partial charge in [0, 0.05) is 12.3 Å². The molecule has 1 aromatic carbocycles. The third-order valence-electron chi connectivity index (χ3n) is 3.47. The smallest absolute Gasteiger partial charge is 0.254 e. The Labute approximate surface area is 138 Å². The Hall–Kier alpha value is -2.96. The van der Waals surface area contributed by atoms with Crippen molar-refractivity contribution in [3.05, 3.63) is 65.6 Å². The van der Waals surface area contributed by atoms with Gasteiger partial charge >= 0.3 is 0 Å². The van der Waals surface area contributed by atoms with E-state index in [1.54, 1.807) is 18.3 Å². The molecule has 0 fully saturated rings. The normalized spacial score (nSPS) is 10.8. The molecule has 0 atom stereocenters. The Kier molecular flexibility index (Phi) is 4.69. The molecule has 124 valence electrons. The van der Waals surface area contributed by atoms with Crippen LogP contribution in [0.4, 0.5) is 4.39 Å². The number of aromatic nitrogens is 3. The summed E-state index contributed by atoms with van der Waals surface area (Å²) in [6.07, 6.45) is 4.88. The van der Waals surface area contributed by atoms with Gasteiger partial charge in [-0.25, -0.2) is 9.07 Å². The van der Waals surface area contributed by atoms with E-state index in [-0.39, 0.29) is 18.3 Å². The molecular weight excluding hydrogens is 311 g/mol. The zero-order chi connectivity index (χ0) is 16.9. The number of rotatable bonds is 6. The minimum absolute atomic E-state index is 0.261. The fraction of sp³-hybridized carbons (Fsp3) is 0.235. The van der Waals surface area contributed by atoms with Crippen molar-refractivity contribution in [1.82, 2.24) is 20.3 Å². The molecule has 3 aromatic rings. The van der Waals surface area contributed by atoms with Crippen LogP contribution in [0.15, 0.2) is 47.2 Å². The lowest BCUT2D eigenvalue weighted by atomic mass is 10.2. The Morgan fingerprint density at radius 2 is 2.12 bits per heavy atom. The Bertz CT molecular complexity index is 823. The van der Waals surface area contributed by atoms with Crippen LogP contribution in [-0.4, -0.2) is 20.8 Å². The van der Waals surface area contributed by atoms with Crippen LogP contribution in [0, 0.1) is 5.82 Å². The molecule has 2 aromatic heterocycles. The molecule has 3 rings (SSSR count). The first kappa shape index (κ1) is 15.9. The summed E-state index contributed by atoms with van der Waals surface area (Å²) in [6, 6.07) is 7.70. The van der Waals surface area contributed by atoms with E-state index in [4.69, 9.17) is 4.52 Å². The van der Waals surface area contributed by atoms with Gasteiger partial charge < -0.3 is 9.84 Å². The molecule has 0 saturated heterocycles. The monoisotopic (exact) mass is 328 g/mol. The second-order valence-corrected chi connectivity index (χ2v) is 5.37. The molecule has 0 aliphatic heterocycles. The van der Waals surface area contributed by atoms with Gasteiger partial charge in [0.25, 0.3) is 5.91 Å². The van der Waals surface area contributed by atoms with Crippen molar-refractivity contribution < 1.29 is 13.7 Å². The van der Waals surface area contributed by atoms with Crippen LogP contribution in [0.3, 0.4) is 0 Å². The van der Waals surface area contributed by atoms with Crippen molar-refractivity contribution in [3.8, 4) is 5.69 Å². The number of nitrogens with zero attached hydrogens (tertiary/aromatic N) is 3. The van der Waals surface area contributed by atoms with Crippen molar-refractivity contribution in [1.29, 1.82) is 0 Å². The van der Waals surface area contributed by atoms with Crippen molar-refractivity contribution >= 4 is 5.91 Å². The van der Waals surface area contributed by atoms with Crippen LogP contribution in [0.25, 0.3) is 5.69 Å². The minimum atomic E-state index is -0.321. The van der Waals surface area contributed by atoms with Crippen molar-refractivity contribution in [2.45, 2.75) is 26.3 Å². The highest BCUT2D eigenvalue weighted by atomic mass is 19.1. The number of hydrogen-bond donors (Lipinski definition) is 1. The molecular formula is C17H17FN4O2. The van der Waals surface area contributed by atoms with Gasteiger partial charge in [-0.2, -0.15) is 5.10 Å². The van der Waals surface area contributed by atoms with Gasteiger partial charge in [-0.05, 0) is 30.7 Å². The first-order chi connectivity index (χ1) is 11.7. The van der Waals surface area contributed by atoms with E-state index in [0.717, 1.165) is 18.5 Å². The Balaban J connectivity index is 1.62. The van der Waals surface area contributed by atoms with Gasteiger partial charge in [-0.15, -0.1) is 0 Å². The molecule has 0 bridgehead atoms. The lowest BCUT2D eigenvalue weighted by Crippen LogP contribution is -2.22. The number of hydrogen-bond acceptors (Lipinski definition) is 4. The highest BCUT2D eigenvalue weighted by molar-refractivity contribution is 5.93. The van der Waals surface area contributed by atoms with E-state index < -0.39 is 0 Å². The van der Waals surface area contributed by atoms with E-state index in [9.17, 15) is 9.18 Å². The third kappa shape index (κ3) is 3.68. The summed E-state index contributed by atoms with van der Waals surface area (Å²) in [4.78, 5) is 12.2. The standard InChI is InChI=1S/C17H17FN4O2/c1-2-3-14-8-16(24-21-14)10-19-17(23)12-9-20-22(11-12)15-6-4-13(18)5-7-15/h4-9,11H,2-3,10H2,1H3,(H,19,23). The number of nitrogens with one attached hydrogen (secondary N) is 1. The van der Waals surface area contributed by atoms with Gasteiger partial charge in [-0.1, -0.05) is 18.5 Å². The van der Waals surface area contributed by atoms with E-state index >= 15 is 0 Å².